The standard InChI is InChI=1S/C20H21F3N2O2/c1-13(15-3-2-4-18(11-15)27-20(21,22)23)19(26)25-17-7-5-14(6-8-17)16-9-10-24-12-16/h2-8,11,13,16,24H,9-10,12H2,1H3,(H,25,26)/t13-,16?/m1/s1. The van der Waals surface area contributed by atoms with Gasteiger partial charge in [-0.3, -0.25) is 4.79 Å². The highest BCUT2D eigenvalue weighted by molar-refractivity contribution is 5.95. The van der Waals surface area contributed by atoms with Gasteiger partial charge in [-0.2, -0.15) is 0 Å². The Labute approximate surface area is 155 Å². The molecule has 2 aromatic carbocycles. The third kappa shape index (κ3) is 5.23. The molecule has 0 bridgehead atoms. The number of hydrogen-bond acceptors (Lipinski definition) is 3. The fraction of sp³-hybridized carbons (Fsp3) is 0.350. The van der Waals surface area contributed by atoms with E-state index in [0.29, 0.717) is 17.2 Å². The Morgan fingerprint density at radius 2 is 1.96 bits per heavy atom. The Morgan fingerprint density at radius 3 is 2.59 bits per heavy atom. The average molecular weight is 378 g/mol. The van der Waals surface area contributed by atoms with Gasteiger partial charge in [0.1, 0.15) is 5.75 Å². The number of carbonyl (C=O) groups excluding carboxylic acids is 1. The summed E-state index contributed by atoms with van der Waals surface area (Å²) in [6.45, 7) is 3.61. The van der Waals surface area contributed by atoms with Gasteiger partial charge in [0.15, 0.2) is 0 Å². The maximum Gasteiger partial charge on any atom is 0.573 e. The first-order valence-corrected chi connectivity index (χ1v) is 8.79. The van der Waals surface area contributed by atoms with Crippen LogP contribution in [-0.2, 0) is 4.79 Å². The van der Waals surface area contributed by atoms with Crippen LogP contribution in [0.5, 0.6) is 5.75 Å². The number of ether oxygens (including phenoxy) is 1. The van der Waals surface area contributed by atoms with E-state index in [9.17, 15) is 18.0 Å². The van der Waals surface area contributed by atoms with Gasteiger partial charge in [-0.05, 0) is 61.2 Å². The SMILES string of the molecule is C[C@@H](C(=O)Nc1ccc(C2CCNC2)cc1)c1cccc(OC(F)(F)F)c1. The molecule has 1 amide bonds. The second-order valence-electron chi connectivity index (χ2n) is 6.64. The second-order valence-corrected chi connectivity index (χ2v) is 6.64. The zero-order chi connectivity index (χ0) is 19.4. The molecule has 1 fully saturated rings. The van der Waals surface area contributed by atoms with Gasteiger partial charge in [-0.15, -0.1) is 13.2 Å². The van der Waals surface area contributed by atoms with Crippen LogP contribution in [0.2, 0.25) is 0 Å². The Kier molecular flexibility index (Phi) is 5.70. The molecule has 2 N–H and O–H groups in total. The van der Waals surface area contributed by atoms with Crippen LogP contribution < -0.4 is 15.4 Å². The van der Waals surface area contributed by atoms with Gasteiger partial charge in [0, 0.05) is 12.2 Å². The van der Waals surface area contributed by atoms with E-state index in [1.165, 1.54) is 23.8 Å². The summed E-state index contributed by atoms with van der Waals surface area (Å²) in [5, 5.41) is 6.13. The van der Waals surface area contributed by atoms with E-state index < -0.39 is 12.3 Å². The smallest absolute Gasteiger partial charge is 0.406 e. The number of amides is 1. The van der Waals surface area contributed by atoms with Gasteiger partial charge < -0.3 is 15.4 Å². The van der Waals surface area contributed by atoms with E-state index in [2.05, 4.69) is 15.4 Å². The predicted octanol–water partition coefficient (Wildman–Crippen LogP) is 4.40. The molecule has 2 aromatic rings. The van der Waals surface area contributed by atoms with Crippen LogP contribution in [0, 0.1) is 0 Å². The van der Waals surface area contributed by atoms with Crippen LogP contribution in [0.4, 0.5) is 18.9 Å². The molecule has 1 saturated heterocycles. The fourth-order valence-electron chi connectivity index (χ4n) is 3.16. The van der Waals surface area contributed by atoms with Gasteiger partial charge in [-0.1, -0.05) is 24.3 Å². The van der Waals surface area contributed by atoms with Gasteiger partial charge in [0.25, 0.3) is 0 Å². The molecular formula is C20H21F3N2O2. The number of alkyl halides is 3. The minimum Gasteiger partial charge on any atom is -0.406 e. The predicted molar refractivity (Wildman–Crippen MR) is 96.8 cm³/mol. The van der Waals surface area contributed by atoms with Crippen molar-refractivity contribution in [2.24, 2.45) is 0 Å². The Morgan fingerprint density at radius 1 is 1.22 bits per heavy atom. The monoisotopic (exact) mass is 378 g/mol. The summed E-state index contributed by atoms with van der Waals surface area (Å²) >= 11 is 0. The maximum atomic E-state index is 12.5. The molecule has 2 atom stereocenters. The summed E-state index contributed by atoms with van der Waals surface area (Å²) in [7, 11) is 0. The third-order valence-electron chi connectivity index (χ3n) is 4.69. The summed E-state index contributed by atoms with van der Waals surface area (Å²) in [5.74, 6) is -0.769. The number of anilines is 1. The van der Waals surface area contributed by atoms with E-state index in [-0.39, 0.29) is 11.7 Å². The van der Waals surface area contributed by atoms with E-state index >= 15 is 0 Å². The molecular weight excluding hydrogens is 357 g/mol. The fourth-order valence-corrected chi connectivity index (χ4v) is 3.16. The number of hydrogen-bond donors (Lipinski definition) is 2. The molecule has 4 nitrogen and oxygen atoms in total. The van der Waals surface area contributed by atoms with Crippen molar-refractivity contribution >= 4 is 11.6 Å². The number of carbonyl (C=O) groups is 1. The second kappa shape index (κ2) is 8.00. The summed E-state index contributed by atoms with van der Waals surface area (Å²) < 4.78 is 41.0. The van der Waals surface area contributed by atoms with Gasteiger partial charge in [0.05, 0.1) is 5.92 Å². The quantitative estimate of drug-likeness (QED) is 0.811. The minimum absolute atomic E-state index is 0.297. The zero-order valence-electron chi connectivity index (χ0n) is 14.8. The lowest BCUT2D eigenvalue weighted by Gasteiger charge is -2.15. The minimum atomic E-state index is -4.76. The highest BCUT2D eigenvalue weighted by atomic mass is 19.4. The lowest BCUT2D eigenvalue weighted by molar-refractivity contribution is -0.274. The summed E-state index contributed by atoms with van der Waals surface area (Å²) in [4.78, 5) is 12.5. The van der Waals surface area contributed by atoms with Crippen molar-refractivity contribution in [1.29, 1.82) is 0 Å². The molecule has 0 saturated carbocycles. The molecule has 0 radical (unpaired) electrons. The van der Waals surface area contributed by atoms with Crippen LogP contribution >= 0.6 is 0 Å². The van der Waals surface area contributed by atoms with Crippen molar-refractivity contribution in [2.75, 3.05) is 18.4 Å². The van der Waals surface area contributed by atoms with Crippen LogP contribution in [0.25, 0.3) is 0 Å². The lowest BCUT2D eigenvalue weighted by atomic mass is 9.98. The van der Waals surface area contributed by atoms with Gasteiger partial charge >= 0.3 is 6.36 Å². The number of halogens is 3. The summed E-state index contributed by atoms with van der Waals surface area (Å²) in [5.41, 5.74) is 2.33. The number of nitrogens with one attached hydrogen (secondary N) is 2. The molecule has 7 heteroatoms. The summed E-state index contributed by atoms with van der Waals surface area (Å²) in [6.07, 6.45) is -3.67. The molecule has 0 aromatic heterocycles. The Balaban J connectivity index is 1.64. The largest absolute Gasteiger partial charge is 0.573 e. The molecule has 3 rings (SSSR count). The van der Waals surface area contributed by atoms with Crippen molar-refractivity contribution in [3.63, 3.8) is 0 Å². The first-order valence-electron chi connectivity index (χ1n) is 8.79. The van der Waals surface area contributed by atoms with Crippen LogP contribution in [-0.4, -0.2) is 25.4 Å². The van der Waals surface area contributed by atoms with Crippen molar-refractivity contribution in [3.05, 3.63) is 59.7 Å². The van der Waals surface area contributed by atoms with E-state index in [1.54, 1.807) is 13.0 Å². The van der Waals surface area contributed by atoms with E-state index in [0.717, 1.165) is 19.5 Å². The summed E-state index contributed by atoms with van der Waals surface area (Å²) in [6, 6.07) is 13.2. The molecule has 27 heavy (non-hydrogen) atoms. The topological polar surface area (TPSA) is 50.4 Å². The zero-order valence-corrected chi connectivity index (χ0v) is 14.8. The van der Waals surface area contributed by atoms with Crippen molar-refractivity contribution in [2.45, 2.75) is 31.5 Å². The van der Waals surface area contributed by atoms with Crippen molar-refractivity contribution in [1.82, 2.24) is 5.32 Å². The Bertz CT molecular complexity index is 785. The Hall–Kier alpha value is -2.54. The number of benzene rings is 2. The highest BCUT2D eigenvalue weighted by Gasteiger charge is 2.31. The molecule has 0 spiro atoms. The van der Waals surface area contributed by atoms with Crippen LogP contribution in [0.1, 0.15) is 36.3 Å². The number of rotatable bonds is 5. The molecule has 1 aliphatic rings. The van der Waals surface area contributed by atoms with E-state index in [4.69, 9.17) is 0 Å². The average Bonchev–Trinajstić information content (AvgIpc) is 3.15. The van der Waals surface area contributed by atoms with Gasteiger partial charge in [0.2, 0.25) is 5.91 Å². The molecule has 1 aliphatic heterocycles. The lowest BCUT2D eigenvalue weighted by Crippen LogP contribution is -2.20. The van der Waals surface area contributed by atoms with Crippen LogP contribution in [0.15, 0.2) is 48.5 Å². The maximum absolute atomic E-state index is 12.5. The van der Waals surface area contributed by atoms with E-state index in [1.807, 2.05) is 24.3 Å². The molecule has 0 aliphatic carbocycles. The van der Waals surface area contributed by atoms with Crippen LogP contribution in [0.3, 0.4) is 0 Å². The van der Waals surface area contributed by atoms with Gasteiger partial charge in [-0.25, -0.2) is 0 Å². The third-order valence-corrected chi connectivity index (χ3v) is 4.69. The normalized spacial score (nSPS) is 18.1. The van der Waals surface area contributed by atoms with Crippen molar-refractivity contribution < 1.29 is 22.7 Å². The van der Waals surface area contributed by atoms with Crippen molar-refractivity contribution in [3.8, 4) is 5.75 Å². The molecule has 144 valence electrons. The highest BCUT2D eigenvalue weighted by Crippen LogP contribution is 2.27. The first kappa shape index (κ1) is 19.2. The molecule has 1 heterocycles. The molecule has 1 unspecified atom stereocenters. The first-order chi connectivity index (χ1) is 12.8.